The largest absolute Gasteiger partial charge is 0.497 e. The van der Waals surface area contributed by atoms with Crippen molar-refractivity contribution in [3.63, 3.8) is 0 Å². The van der Waals surface area contributed by atoms with Crippen LogP contribution >= 0.6 is 0 Å². The van der Waals surface area contributed by atoms with Gasteiger partial charge in [0.25, 0.3) is 0 Å². The van der Waals surface area contributed by atoms with E-state index in [-0.39, 0.29) is 0 Å². The summed E-state index contributed by atoms with van der Waals surface area (Å²) in [6.07, 6.45) is 1.16. The third kappa shape index (κ3) is 4.36. The molecule has 1 atom stereocenters. The molecule has 0 amide bonds. The predicted octanol–water partition coefficient (Wildman–Crippen LogP) is 1.74. The van der Waals surface area contributed by atoms with Crippen molar-refractivity contribution in [1.29, 1.82) is 0 Å². The Morgan fingerprint density at radius 2 is 2.10 bits per heavy atom. The van der Waals surface area contributed by atoms with E-state index in [9.17, 15) is 0 Å². The van der Waals surface area contributed by atoms with Crippen LogP contribution in [0.5, 0.6) is 5.75 Å². The van der Waals surface area contributed by atoms with Gasteiger partial charge in [-0.15, -0.1) is 0 Å². The Bertz CT molecular complexity index is 459. The number of benzene rings is 1. The zero-order valence-electron chi connectivity index (χ0n) is 13.1. The highest BCUT2D eigenvalue weighted by atomic mass is 16.5. The maximum absolute atomic E-state index is 5.24. The maximum atomic E-state index is 5.24. The van der Waals surface area contributed by atoms with E-state index < -0.39 is 0 Å². The van der Waals surface area contributed by atoms with E-state index in [1.807, 2.05) is 19.2 Å². The van der Waals surface area contributed by atoms with Crippen LogP contribution in [0.4, 0.5) is 0 Å². The third-order valence-corrected chi connectivity index (χ3v) is 3.81. The molecular weight excluding hydrogens is 266 g/mol. The smallest absolute Gasteiger partial charge is 0.193 e. The van der Waals surface area contributed by atoms with Gasteiger partial charge in [0.15, 0.2) is 5.96 Å². The quantitative estimate of drug-likeness (QED) is 0.663. The standard InChI is InChI=1S/C16H25N3O2/c1-17-16(19-9-8-14(11-19)12-20-2)18-10-13-4-6-15(21-3)7-5-13/h4-7,14H,8-12H2,1-3H3,(H,17,18). The molecule has 1 saturated heterocycles. The summed E-state index contributed by atoms with van der Waals surface area (Å²) >= 11 is 0. The van der Waals surface area contributed by atoms with Gasteiger partial charge in [-0.1, -0.05) is 12.1 Å². The lowest BCUT2D eigenvalue weighted by Crippen LogP contribution is -2.39. The number of nitrogens with zero attached hydrogens (tertiary/aromatic N) is 2. The minimum absolute atomic E-state index is 0.606. The van der Waals surface area contributed by atoms with Crippen LogP contribution < -0.4 is 10.1 Å². The number of likely N-dealkylation sites (tertiary alicyclic amines) is 1. The first kappa shape index (κ1) is 15.6. The van der Waals surface area contributed by atoms with Gasteiger partial charge >= 0.3 is 0 Å². The molecule has 1 fully saturated rings. The topological polar surface area (TPSA) is 46.1 Å². The summed E-state index contributed by atoms with van der Waals surface area (Å²) in [5, 5.41) is 3.42. The first-order valence-electron chi connectivity index (χ1n) is 7.34. The van der Waals surface area contributed by atoms with Crippen molar-refractivity contribution >= 4 is 5.96 Å². The van der Waals surface area contributed by atoms with Gasteiger partial charge in [-0.3, -0.25) is 4.99 Å². The molecule has 0 spiro atoms. The monoisotopic (exact) mass is 291 g/mol. The third-order valence-electron chi connectivity index (χ3n) is 3.81. The minimum Gasteiger partial charge on any atom is -0.497 e. The molecule has 5 nitrogen and oxygen atoms in total. The van der Waals surface area contributed by atoms with Crippen LogP contribution in [0.25, 0.3) is 0 Å². The molecular formula is C16H25N3O2. The molecule has 0 radical (unpaired) electrons. The summed E-state index contributed by atoms with van der Waals surface area (Å²) < 4.78 is 10.4. The first-order chi connectivity index (χ1) is 10.3. The molecule has 1 aliphatic rings. The summed E-state index contributed by atoms with van der Waals surface area (Å²) in [5.41, 5.74) is 1.21. The summed E-state index contributed by atoms with van der Waals surface area (Å²) in [4.78, 5) is 6.68. The van der Waals surface area contributed by atoms with E-state index in [0.29, 0.717) is 5.92 Å². The van der Waals surface area contributed by atoms with E-state index in [4.69, 9.17) is 9.47 Å². The summed E-state index contributed by atoms with van der Waals surface area (Å²) in [6.45, 7) is 3.64. The van der Waals surface area contributed by atoms with Crippen LogP contribution in [0, 0.1) is 5.92 Å². The number of guanidine groups is 1. The normalized spacial score (nSPS) is 18.9. The van der Waals surface area contributed by atoms with Crippen molar-refractivity contribution in [3.05, 3.63) is 29.8 Å². The molecule has 0 aromatic heterocycles. The molecule has 2 rings (SSSR count). The molecule has 0 saturated carbocycles. The second-order valence-electron chi connectivity index (χ2n) is 5.30. The number of ether oxygens (including phenoxy) is 2. The number of aliphatic imine (C=N–C) groups is 1. The lowest BCUT2D eigenvalue weighted by atomic mass is 10.1. The molecule has 5 heteroatoms. The van der Waals surface area contributed by atoms with Gasteiger partial charge in [-0.2, -0.15) is 0 Å². The van der Waals surface area contributed by atoms with E-state index in [1.165, 1.54) is 5.56 Å². The molecule has 1 aromatic carbocycles. The molecule has 1 heterocycles. The Hall–Kier alpha value is -1.75. The summed E-state index contributed by atoms with van der Waals surface area (Å²) in [6, 6.07) is 8.09. The van der Waals surface area contributed by atoms with Crippen LogP contribution in [0.3, 0.4) is 0 Å². The number of hydrogen-bond donors (Lipinski definition) is 1. The average molecular weight is 291 g/mol. The fourth-order valence-corrected chi connectivity index (χ4v) is 2.65. The lowest BCUT2D eigenvalue weighted by Gasteiger charge is -2.21. The second-order valence-corrected chi connectivity index (χ2v) is 5.30. The predicted molar refractivity (Wildman–Crippen MR) is 84.7 cm³/mol. The van der Waals surface area contributed by atoms with Crippen molar-refractivity contribution in [3.8, 4) is 5.75 Å². The SMILES string of the molecule is CN=C(NCc1ccc(OC)cc1)N1CCC(COC)C1. The lowest BCUT2D eigenvalue weighted by molar-refractivity contribution is 0.157. The van der Waals surface area contributed by atoms with Gasteiger partial charge in [0.1, 0.15) is 5.75 Å². The highest BCUT2D eigenvalue weighted by Gasteiger charge is 2.24. The fraction of sp³-hybridized carbons (Fsp3) is 0.562. The Balaban J connectivity index is 1.85. The van der Waals surface area contributed by atoms with Gasteiger partial charge in [-0.25, -0.2) is 0 Å². The van der Waals surface area contributed by atoms with Gasteiger partial charge in [-0.05, 0) is 24.1 Å². The van der Waals surface area contributed by atoms with Crippen LogP contribution in [-0.2, 0) is 11.3 Å². The van der Waals surface area contributed by atoms with Crippen molar-refractivity contribution in [1.82, 2.24) is 10.2 Å². The zero-order chi connectivity index (χ0) is 15.1. The van der Waals surface area contributed by atoms with Crippen molar-refractivity contribution in [2.75, 3.05) is 41.0 Å². The highest BCUT2D eigenvalue weighted by molar-refractivity contribution is 5.80. The number of rotatable bonds is 5. The molecule has 1 aliphatic heterocycles. The number of hydrogen-bond acceptors (Lipinski definition) is 3. The Morgan fingerprint density at radius 3 is 2.71 bits per heavy atom. The molecule has 0 aliphatic carbocycles. The molecule has 0 bridgehead atoms. The maximum Gasteiger partial charge on any atom is 0.193 e. The first-order valence-corrected chi connectivity index (χ1v) is 7.34. The number of nitrogens with one attached hydrogen (secondary N) is 1. The highest BCUT2D eigenvalue weighted by Crippen LogP contribution is 2.16. The van der Waals surface area contributed by atoms with Crippen LogP contribution in [-0.4, -0.2) is 51.8 Å². The molecule has 1 aromatic rings. The Kier molecular flexibility index (Phi) is 5.87. The van der Waals surface area contributed by atoms with Gasteiger partial charge < -0.3 is 19.7 Å². The van der Waals surface area contributed by atoms with Gasteiger partial charge in [0, 0.05) is 39.7 Å². The minimum atomic E-state index is 0.606. The summed E-state index contributed by atoms with van der Waals surface area (Å²) in [7, 11) is 5.28. The summed E-state index contributed by atoms with van der Waals surface area (Å²) in [5.74, 6) is 2.45. The van der Waals surface area contributed by atoms with Crippen LogP contribution in [0.2, 0.25) is 0 Å². The van der Waals surface area contributed by atoms with E-state index in [1.54, 1.807) is 14.2 Å². The van der Waals surface area contributed by atoms with Crippen LogP contribution in [0.1, 0.15) is 12.0 Å². The van der Waals surface area contributed by atoms with Crippen LogP contribution in [0.15, 0.2) is 29.3 Å². The van der Waals surface area contributed by atoms with Crippen molar-refractivity contribution < 1.29 is 9.47 Å². The second kappa shape index (κ2) is 7.88. The molecule has 116 valence electrons. The van der Waals surface area contributed by atoms with Crippen molar-refractivity contribution in [2.24, 2.45) is 10.9 Å². The average Bonchev–Trinajstić information content (AvgIpc) is 2.97. The molecule has 21 heavy (non-hydrogen) atoms. The number of methoxy groups -OCH3 is 2. The molecule has 1 N–H and O–H groups in total. The fourth-order valence-electron chi connectivity index (χ4n) is 2.65. The molecule has 1 unspecified atom stereocenters. The van der Waals surface area contributed by atoms with E-state index in [2.05, 4.69) is 27.3 Å². The van der Waals surface area contributed by atoms with E-state index in [0.717, 1.165) is 44.4 Å². The van der Waals surface area contributed by atoms with E-state index >= 15 is 0 Å². The van der Waals surface area contributed by atoms with Gasteiger partial charge in [0.2, 0.25) is 0 Å². The Labute approximate surface area is 127 Å². The van der Waals surface area contributed by atoms with Crippen molar-refractivity contribution in [2.45, 2.75) is 13.0 Å². The van der Waals surface area contributed by atoms with Gasteiger partial charge in [0.05, 0.1) is 13.7 Å². The zero-order valence-corrected chi connectivity index (χ0v) is 13.1. The Morgan fingerprint density at radius 1 is 1.33 bits per heavy atom.